The standard InChI is InChI=1S/C22H22ClN3O/c1-15-3-8-19(23)11-21(15)17-4-6-18(7-5-17)22(27)26(20-9-10-20)14-16-12-24-25(2)13-16/h3-8,11-13,20H,9-10,14H2,1-2H3. The molecule has 0 unspecified atom stereocenters. The van der Waals surface area contributed by atoms with Crippen molar-refractivity contribution < 1.29 is 4.79 Å². The lowest BCUT2D eigenvalue weighted by molar-refractivity contribution is 0.0730. The molecule has 5 heteroatoms. The highest BCUT2D eigenvalue weighted by Gasteiger charge is 2.33. The zero-order valence-electron chi connectivity index (χ0n) is 15.5. The second-order valence-corrected chi connectivity index (χ2v) is 7.66. The van der Waals surface area contributed by atoms with E-state index in [0.717, 1.165) is 35.1 Å². The minimum Gasteiger partial charge on any atom is -0.331 e. The lowest BCUT2D eigenvalue weighted by Crippen LogP contribution is -2.32. The third kappa shape index (κ3) is 3.91. The molecule has 2 aromatic carbocycles. The average Bonchev–Trinajstić information content (AvgIpc) is 3.43. The molecule has 1 aliphatic rings. The Morgan fingerprint density at radius 3 is 2.59 bits per heavy atom. The van der Waals surface area contributed by atoms with Crippen LogP contribution in [-0.2, 0) is 13.6 Å². The molecule has 4 nitrogen and oxygen atoms in total. The number of hydrogen-bond acceptors (Lipinski definition) is 2. The molecule has 4 rings (SSSR count). The van der Waals surface area contributed by atoms with Gasteiger partial charge in [0.15, 0.2) is 0 Å². The Morgan fingerprint density at radius 2 is 1.96 bits per heavy atom. The summed E-state index contributed by atoms with van der Waals surface area (Å²) in [5.41, 5.74) is 5.10. The predicted molar refractivity (Wildman–Crippen MR) is 108 cm³/mol. The van der Waals surface area contributed by atoms with Crippen molar-refractivity contribution in [1.82, 2.24) is 14.7 Å². The van der Waals surface area contributed by atoms with Crippen molar-refractivity contribution in [3.63, 3.8) is 0 Å². The Labute approximate surface area is 164 Å². The van der Waals surface area contributed by atoms with Crippen molar-refractivity contribution in [3.8, 4) is 11.1 Å². The van der Waals surface area contributed by atoms with Crippen LogP contribution < -0.4 is 0 Å². The van der Waals surface area contributed by atoms with Gasteiger partial charge >= 0.3 is 0 Å². The molecule has 1 heterocycles. The average molecular weight is 380 g/mol. The molecule has 1 saturated carbocycles. The fourth-order valence-corrected chi connectivity index (χ4v) is 3.54. The zero-order valence-corrected chi connectivity index (χ0v) is 16.3. The number of carbonyl (C=O) groups is 1. The van der Waals surface area contributed by atoms with Gasteiger partial charge in [-0.05, 0) is 60.7 Å². The topological polar surface area (TPSA) is 38.1 Å². The third-order valence-electron chi connectivity index (χ3n) is 5.00. The van der Waals surface area contributed by atoms with Gasteiger partial charge in [0.2, 0.25) is 0 Å². The summed E-state index contributed by atoms with van der Waals surface area (Å²) < 4.78 is 1.77. The van der Waals surface area contributed by atoms with Crippen LogP contribution in [0, 0.1) is 6.92 Å². The van der Waals surface area contributed by atoms with E-state index in [2.05, 4.69) is 12.0 Å². The van der Waals surface area contributed by atoms with Gasteiger partial charge in [0.25, 0.3) is 5.91 Å². The van der Waals surface area contributed by atoms with Crippen LogP contribution in [-0.4, -0.2) is 26.6 Å². The molecule has 27 heavy (non-hydrogen) atoms. The van der Waals surface area contributed by atoms with Gasteiger partial charge in [-0.2, -0.15) is 5.10 Å². The van der Waals surface area contributed by atoms with E-state index in [4.69, 9.17) is 11.6 Å². The first kappa shape index (κ1) is 17.8. The summed E-state index contributed by atoms with van der Waals surface area (Å²) in [7, 11) is 1.89. The highest BCUT2D eigenvalue weighted by atomic mass is 35.5. The quantitative estimate of drug-likeness (QED) is 0.635. The third-order valence-corrected chi connectivity index (χ3v) is 5.24. The summed E-state index contributed by atoms with van der Waals surface area (Å²) in [6.07, 6.45) is 5.94. The van der Waals surface area contributed by atoms with E-state index in [-0.39, 0.29) is 5.91 Å². The summed E-state index contributed by atoms with van der Waals surface area (Å²) in [6.45, 7) is 2.67. The SMILES string of the molecule is Cc1ccc(Cl)cc1-c1ccc(C(=O)N(Cc2cnn(C)c2)C2CC2)cc1. The van der Waals surface area contributed by atoms with Gasteiger partial charge in [-0.3, -0.25) is 9.48 Å². The maximum atomic E-state index is 13.1. The minimum absolute atomic E-state index is 0.0794. The molecule has 3 aromatic rings. The van der Waals surface area contributed by atoms with Gasteiger partial charge in [-0.15, -0.1) is 0 Å². The van der Waals surface area contributed by atoms with E-state index in [1.54, 1.807) is 4.68 Å². The van der Waals surface area contributed by atoms with Crippen LogP contribution in [0.15, 0.2) is 54.9 Å². The second kappa shape index (κ2) is 7.20. The van der Waals surface area contributed by atoms with Crippen LogP contribution in [0.3, 0.4) is 0 Å². The van der Waals surface area contributed by atoms with Gasteiger partial charge < -0.3 is 4.90 Å². The van der Waals surface area contributed by atoms with Gasteiger partial charge in [0.1, 0.15) is 0 Å². The molecule has 0 N–H and O–H groups in total. The number of halogens is 1. The maximum Gasteiger partial charge on any atom is 0.254 e. The number of aryl methyl sites for hydroxylation is 2. The second-order valence-electron chi connectivity index (χ2n) is 7.22. The Kier molecular flexibility index (Phi) is 4.75. The molecule has 1 fully saturated rings. The molecule has 138 valence electrons. The number of amides is 1. The number of rotatable bonds is 5. The first-order valence-corrected chi connectivity index (χ1v) is 9.54. The number of carbonyl (C=O) groups excluding carboxylic acids is 1. The summed E-state index contributed by atoms with van der Waals surface area (Å²) in [5, 5.41) is 4.92. The van der Waals surface area contributed by atoms with Crippen molar-refractivity contribution in [2.24, 2.45) is 7.05 Å². The van der Waals surface area contributed by atoms with Crippen LogP contribution >= 0.6 is 11.6 Å². The zero-order chi connectivity index (χ0) is 19.0. The van der Waals surface area contributed by atoms with Crippen LogP contribution in [0.1, 0.15) is 34.3 Å². The van der Waals surface area contributed by atoms with E-state index >= 15 is 0 Å². The van der Waals surface area contributed by atoms with E-state index in [9.17, 15) is 4.79 Å². The van der Waals surface area contributed by atoms with Crippen molar-refractivity contribution in [2.75, 3.05) is 0 Å². The molecule has 0 spiro atoms. The highest BCUT2D eigenvalue weighted by molar-refractivity contribution is 6.30. The van der Waals surface area contributed by atoms with Crippen molar-refractivity contribution in [2.45, 2.75) is 32.4 Å². The Morgan fingerprint density at radius 1 is 1.22 bits per heavy atom. The van der Waals surface area contributed by atoms with Crippen LogP contribution in [0.4, 0.5) is 0 Å². The summed E-state index contributed by atoms with van der Waals surface area (Å²) in [4.78, 5) is 15.1. The molecular weight excluding hydrogens is 358 g/mol. The monoisotopic (exact) mass is 379 g/mol. The van der Waals surface area contributed by atoms with Crippen molar-refractivity contribution >= 4 is 17.5 Å². The summed E-state index contributed by atoms with van der Waals surface area (Å²) in [5.74, 6) is 0.0794. The van der Waals surface area contributed by atoms with Gasteiger partial charge in [0, 0.05) is 42.0 Å². The number of nitrogens with zero attached hydrogens (tertiary/aromatic N) is 3. The molecule has 0 radical (unpaired) electrons. The van der Waals surface area contributed by atoms with Crippen molar-refractivity contribution in [1.29, 1.82) is 0 Å². The first-order chi connectivity index (χ1) is 13.0. The van der Waals surface area contributed by atoms with E-state index < -0.39 is 0 Å². The number of hydrogen-bond donors (Lipinski definition) is 0. The maximum absolute atomic E-state index is 13.1. The van der Waals surface area contributed by atoms with Crippen LogP contribution in [0.5, 0.6) is 0 Å². The normalized spacial score (nSPS) is 13.6. The Hall–Kier alpha value is -2.59. The van der Waals surface area contributed by atoms with Gasteiger partial charge in [0.05, 0.1) is 6.20 Å². The minimum atomic E-state index is 0.0794. The fourth-order valence-electron chi connectivity index (χ4n) is 3.37. The Bertz CT molecular complexity index is 973. The highest BCUT2D eigenvalue weighted by Crippen LogP contribution is 2.31. The molecule has 0 aliphatic heterocycles. The smallest absolute Gasteiger partial charge is 0.254 e. The summed E-state index contributed by atoms with van der Waals surface area (Å²) in [6, 6.07) is 14.0. The van der Waals surface area contributed by atoms with Gasteiger partial charge in [-0.25, -0.2) is 0 Å². The fraction of sp³-hybridized carbons (Fsp3) is 0.273. The first-order valence-electron chi connectivity index (χ1n) is 9.16. The van der Waals surface area contributed by atoms with Gasteiger partial charge in [-0.1, -0.05) is 29.8 Å². The molecule has 0 atom stereocenters. The van der Waals surface area contributed by atoms with E-state index in [1.807, 2.05) is 66.8 Å². The lowest BCUT2D eigenvalue weighted by atomic mass is 9.99. The summed E-state index contributed by atoms with van der Waals surface area (Å²) >= 11 is 6.14. The lowest BCUT2D eigenvalue weighted by Gasteiger charge is -2.22. The molecule has 0 saturated heterocycles. The molecule has 1 aliphatic carbocycles. The van der Waals surface area contributed by atoms with E-state index in [0.29, 0.717) is 23.2 Å². The molecular formula is C22H22ClN3O. The predicted octanol–water partition coefficient (Wildman–Crippen LogP) is 4.85. The molecule has 0 bridgehead atoms. The van der Waals surface area contributed by atoms with Crippen molar-refractivity contribution in [3.05, 3.63) is 76.6 Å². The van der Waals surface area contributed by atoms with E-state index in [1.165, 1.54) is 0 Å². The molecule has 1 aromatic heterocycles. The van der Waals surface area contributed by atoms with Crippen LogP contribution in [0.2, 0.25) is 5.02 Å². The Balaban J connectivity index is 1.56. The largest absolute Gasteiger partial charge is 0.331 e. The number of aromatic nitrogens is 2. The molecule has 1 amide bonds. The number of benzene rings is 2. The van der Waals surface area contributed by atoms with Crippen LogP contribution in [0.25, 0.3) is 11.1 Å².